The van der Waals surface area contributed by atoms with Crippen LogP contribution in [-0.2, 0) is 38.0 Å². The Labute approximate surface area is 181 Å². The molecule has 0 saturated carbocycles. The minimum absolute atomic E-state index is 0.118. The molecule has 6 nitrogen and oxygen atoms in total. The first-order chi connectivity index (χ1) is 14.9. The summed E-state index contributed by atoms with van der Waals surface area (Å²) in [5, 5.41) is 7.63. The van der Waals surface area contributed by atoms with Gasteiger partial charge in [-0.3, -0.25) is 4.68 Å². The summed E-state index contributed by atoms with van der Waals surface area (Å²) in [5.41, 5.74) is 6.78. The lowest BCUT2D eigenvalue weighted by atomic mass is 10.1. The van der Waals surface area contributed by atoms with Crippen LogP contribution >= 0.6 is 0 Å². The third kappa shape index (κ3) is 4.77. The molecule has 0 aliphatic carbocycles. The zero-order chi connectivity index (χ0) is 22.0. The van der Waals surface area contributed by atoms with Crippen LogP contribution in [0.25, 0.3) is 0 Å². The molecule has 1 aliphatic rings. The van der Waals surface area contributed by atoms with Gasteiger partial charge in [-0.05, 0) is 43.2 Å². The van der Waals surface area contributed by atoms with Gasteiger partial charge in [0.2, 0.25) is 0 Å². The number of amides is 2. The quantitative estimate of drug-likeness (QED) is 0.659. The first-order valence-corrected chi connectivity index (χ1v) is 10.4. The summed E-state index contributed by atoms with van der Waals surface area (Å²) < 4.78 is 21.0. The first kappa shape index (κ1) is 21.1. The molecular weight excluding hydrogens is 395 g/mol. The Morgan fingerprint density at radius 2 is 2.03 bits per heavy atom. The van der Waals surface area contributed by atoms with Gasteiger partial charge in [0.25, 0.3) is 0 Å². The van der Waals surface area contributed by atoms with Crippen molar-refractivity contribution in [3.8, 4) is 0 Å². The highest BCUT2D eigenvalue weighted by molar-refractivity contribution is 5.90. The summed E-state index contributed by atoms with van der Waals surface area (Å²) in [4.78, 5) is 14.7. The first-order valence-electron chi connectivity index (χ1n) is 10.4. The van der Waals surface area contributed by atoms with Gasteiger partial charge in [-0.15, -0.1) is 0 Å². The molecule has 1 aliphatic heterocycles. The number of aryl methyl sites for hydroxylation is 3. The minimum atomic E-state index is -0.276. The fourth-order valence-electron chi connectivity index (χ4n) is 4.00. The second-order valence-electron chi connectivity index (χ2n) is 8.04. The zero-order valence-electron chi connectivity index (χ0n) is 18.1. The molecule has 162 valence electrons. The molecule has 0 fully saturated rings. The third-order valence-electron chi connectivity index (χ3n) is 5.63. The highest BCUT2D eigenvalue weighted by Gasteiger charge is 2.27. The van der Waals surface area contributed by atoms with Gasteiger partial charge in [0.1, 0.15) is 5.82 Å². The summed E-state index contributed by atoms with van der Waals surface area (Å²) >= 11 is 0. The Balaban J connectivity index is 1.42. The van der Waals surface area contributed by atoms with Crippen LogP contribution in [-0.4, -0.2) is 27.3 Å². The number of rotatable bonds is 5. The maximum atomic E-state index is 13.4. The highest BCUT2D eigenvalue weighted by Crippen LogP contribution is 2.24. The summed E-state index contributed by atoms with van der Waals surface area (Å²) in [6.07, 6.45) is 0.739. The largest absolute Gasteiger partial charge is 0.370 e. The van der Waals surface area contributed by atoms with E-state index in [9.17, 15) is 9.18 Å². The maximum absolute atomic E-state index is 13.4. The van der Waals surface area contributed by atoms with Crippen molar-refractivity contribution in [2.24, 2.45) is 7.05 Å². The van der Waals surface area contributed by atoms with Gasteiger partial charge in [0.15, 0.2) is 0 Å². The summed E-state index contributed by atoms with van der Waals surface area (Å²) in [5.74, 6) is -0.276. The van der Waals surface area contributed by atoms with Gasteiger partial charge in [-0.2, -0.15) is 5.10 Å². The molecule has 0 radical (unpaired) electrons. The number of hydrogen-bond donors (Lipinski definition) is 1. The molecule has 0 bridgehead atoms. The van der Waals surface area contributed by atoms with E-state index in [1.165, 1.54) is 12.1 Å². The van der Waals surface area contributed by atoms with Crippen LogP contribution in [0.2, 0.25) is 0 Å². The Bertz CT molecular complexity index is 1110. The summed E-state index contributed by atoms with van der Waals surface area (Å²) in [7, 11) is 1.92. The molecule has 0 saturated heterocycles. The van der Waals surface area contributed by atoms with E-state index in [-0.39, 0.29) is 11.8 Å². The molecule has 0 spiro atoms. The second kappa shape index (κ2) is 8.89. The van der Waals surface area contributed by atoms with Gasteiger partial charge >= 0.3 is 6.03 Å². The number of carbonyl (C=O) groups is 1. The number of urea groups is 1. The lowest BCUT2D eigenvalue weighted by molar-refractivity contribution is 0.103. The van der Waals surface area contributed by atoms with Crippen molar-refractivity contribution < 1.29 is 13.9 Å². The Morgan fingerprint density at radius 1 is 1.19 bits per heavy atom. The summed E-state index contributed by atoms with van der Waals surface area (Å²) in [6.45, 7) is 5.76. The minimum Gasteiger partial charge on any atom is -0.370 e. The topological polar surface area (TPSA) is 59.4 Å². The molecule has 1 N–H and O–H groups in total. The fourth-order valence-corrected chi connectivity index (χ4v) is 4.00. The van der Waals surface area contributed by atoms with Crippen LogP contribution in [0.1, 0.15) is 33.6 Å². The lowest BCUT2D eigenvalue weighted by Gasteiger charge is -2.28. The number of nitrogens with one attached hydrogen (secondary N) is 1. The van der Waals surface area contributed by atoms with Crippen LogP contribution in [0, 0.1) is 19.7 Å². The van der Waals surface area contributed by atoms with E-state index in [2.05, 4.69) is 16.5 Å². The molecular formula is C24H27FN4O2. The molecule has 7 heteroatoms. The van der Waals surface area contributed by atoms with E-state index in [4.69, 9.17) is 4.74 Å². The number of hydrogen-bond acceptors (Lipinski definition) is 3. The number of carbonyl (C=O) groups excluding carboxylic acids is 1. The van der Waals surface area contributed by atoms with Crippen LogP contribution in [0.3, 0.4) is 0 Å². The third-order valence-corrected chi connectivity index (χ3v) is 5.63. The number of nitrogens with zero attached hydrogens (tertiary/aromatic N) is 3. The molecule has 4 rings (SSSR count). The maximum Gasteiger partial charge on any atom is 0.322 e. The Kier molecular flexibility index (Phi) is 6.04. The average molecular weight is 423 g/mol. The lowest BCUT2D eigenvalue weighted by Crippen LogP contribution is -2.39. The van der Waals surface area contributed by atoms with Crippen LogP contribution in [0.5, 0.6) is 0 Å². The van der Waals surface area contributed by atoms with Crippen molar-refractivity contribution in [3.63, 3.8) is 0 Å². The zero-order valence-corrected chi connectivity index (χ0v) is 18.1. The number of ether oxygens (including phenoxy) is 1. The van der Waals surface area contributed by atoms with E-state index < -0.39 is 0 Å². The molecule has 31 heavy (non-hydrogen) atoms. The number of halogens is 1. The molecule has 2 aromatic carbocycles. The number of benzene rings is 2. The Morgan fingerprint density at radius 3 is 2.81 bits per heavy atom. The van der Waals surface area contributed by atoms with Gasteiger partial charge in [-0.25, -0.2) is 9.18 Å². The molecule has 0 unspecified atom stereocenters. The highest BCUT2D eigenvalue weighted by atomic mass is 19.1. The van der Waals surface area contributed by atoms with Crippen molar-refractivity contribution in [3.05, 3.63) is 81.9 Å². The smallest absolute Gasteiger partial charge is 0.322 e. The number of fused-ring (bicyclic) bond motifs is 1. The van der Waals surface area contributed by atoms with Crippen molar-refractivity contribution >= 4 is 11.7 Å². The molecule has 2 heterocycles. The van der Waals surface area contributed by atoms with E-state index in [1.54, 1.807) is 11.0 Å². The average Bonchev–Trinajstić information content (AvgIpc) is 3.05. The SMILES string of the molecule is Cc1ccc(NC(=O)N2CCc3c(c(COCc4cccc(F)c4)nn3C)C2)c(C)c1. The van der Waals surface area contributed by atoms with Crippen molar-refractivity contribution in [2.75, 3.05) is 11.9 Å². The predicted octanol–water partition coefficient (Wildman–Crippen LogP) is 4.48. The van der Waals surface area contributed by atoms with Crippen LogP contribution in [0.4, 0.5) is 14.9 Å². The monoisotopic (exact) mass is 422 g/mol. The molecule has 2 amide bonds. The standard InChI is InChI=1S/C24H27FN4O2/c1-16-7-8-21(17(2)11-16)26-24(30)29-10-9-23-20(13-29)22(27-28(23)3)15-31-14-18-5-4-6-19(25)12-18/h4-8,11-12H,9-10,13-15H2,1-3H3,(H,26,30). The van der Waals surface area contributed by atoms with E-state index >= 15 is 0 Å². The van der Waals surface area contributed by atoms with Crippen molar-refractivity contribution in [1.29, 1.82) is 0 Å². The summed E-state index contributed by atoms with van der Waals surface area (Å²) in [6, 6.07) is 12.2. The number of anilines is 1. The van der Waals surface area contributed by atoms with Crippen LogP contribution < -0.4 is 5.32 Å². The fraction of sp³-hybridized carbons (Fsp3) is 0.333. The van der Waals surface area contributed by atoms with Gasteiger partial charge in [0, 0.05) is 37.0 Å². The van der Waals surface area contributed by atoms with E-state index in [1.807, 2.05) is 43.8 Å². The predicted molar refractivity (Wildman–Crippen MR) is 117 cm³/mol. The second-order valence-corrected chi connectivity index (χ2v) is 8.04. The van der Waals surface area contributed by atoms with Gasteiger partial charge in [-0.1, -0.05) is 29.8 Å². The Hall–Kier alpha value is -3.19. The van der Waals surface area contributed by atoms with E-state index in [0.717, 1.165) is 45.7 Å². The van der Waals surface area contributed by atoms with Gasteiger partial charge < -0.3 is 15.0 Å². The van der Waals surface area contributed by atoms with Gasteiger partial charge in [0.05, 0.1) is 25.5 Å². The van der Waals surface area contributed by atoms with Crippen molar-refractivity contribution in [1.82, 2.24) is 14.7 Å². The van der Waals surface area contributed by atoms with Crippen LogP contribution in [0.15, 0.2) is 42.5 Å². The molecule has 1 aromatic heterocycles. The number of aromatic nitrogens is 2. The normalized spacial score (nSPS) is 13.2. The molecule has 3 aromatic rings. The van der Waals surface area contributed by atoms with E-state index in [0.29, 0.717) is 26.3 Å². The van der Waals surface area contributed by atoms with Crippen molar-refractivity contribution in [2.45, 2.75) is 40.0 Å². The molecule has 0 atom stereocenters.